The van der Waals surface area contributed by atoms with Crippen molar-refractivity contribution in [1.29, 1.82) is 0 Å². The third-order valence-corrected chi connectivity index (χ3v) is 3.78. The van der Waals surface area contributed by atoms with E-state index in [1.165, 1.54) is 4.88 Å². The van der Waals surface area contributed by atoms with E-state index in [-0.39, 0.29) is 6.04 Å². The minimum Gasteiger partial charge on any atom is -0.319 e. The molecule has 17 heavy (non-hydrogen) atoms. The maximum absolute atomic E-state index is 4.24. The van der Waals surface area contributed by atoms with Crippen LogP contribution >= 0.6 is 11.3 Å². The third kappa shape index (κ3) is 2.89. The van der Waals surface area contributed by atoms with Gasteiger partial charge >= 0.3 is 0 Å². The molecule has 1 N–H and O–H groups in total. The number of rotatable bonds is 5. The zero-order valence-electron chi connectivity index (χ0n) is 10.3. The molecule has 2 aromatic heterocycles. The number of hydrogen-bond acceptors (Lipinski definition) is 5. The van der Waals surface area contributed by atoms with Crippen LogP contribution in [-0.2, 0) is 13.5 Å². The highest BCUT2D eigenvalue weighted by Crippen LogP contribution is 2.13. The molecule has 0 aromatic carbocycles. The van der Waals surface area contributed by atoms with Gasteiger partial charge in [0.25, 0.3) is 0 Å². The van der Waals surface area contributed by atoms with Crippen LogP contribution in [0.3, 0.4) is 0 Å². The number of aromatic nitrogens is 4. The Kier molecular flexibility index (Phi) is 3.86. The van der Waals surface area contributed by atoms with E-state index in [1.54, 1.807) is 17.7 Å². The molecular weight excluding hydrogens is 234 g/mol. The predicted octanol–water partition coefficient (Wildman–Crippen LogP) is 1.47. The summed E-state index contributed by atoms with van der Waals surface area (Å²) in [5.41, 5.74) is 3.04. The lowest BCUT2D eigenvalue weighted by Gasteiger charge is -2.12. The van der Waals surface area contributed by atoms with Crippen LogP contribution in [0.25, 0.3) is 0 Å². The van der Waals surface area contributed by atoms with Crippen molar-refractivity contribution in [3.05, 3.63) is 28.2 Å². The van der Waals surface area contributed by atoms with Gasteiger partial charge in [-0.2, -0.15) is 0 Å². The van der Waals surface area contributed by atoms with E-state index >= 15 is 0 Å². The smallest absolute Gasteiger partial charge is 0.149 e. The minimum atomic E-state index is 0.218. The Labute approximate surface area is 105 Å². The van der Waals surface area contributed by atoms with Gasteiger partial charge in [0.1, 0.15) is 12.2 Å². The van der Waals surface area contributed by atoms with Gasteiger partial charge in [0, 0.05) is 18.5 Å². The monoisotopic (exact) mass is 251 g/mol. The number of nitrogens with one attached hydrogen (secondary N) is 1. The number of hydrogen-bond donors (Lipinski definition) is 1. The van der Waals surface area contributed by atoms with Crippen molar-refractivity contribution in [1.82, 2.24) is 25.1 Å². The van der Waals surface area contributed by atoms with E-state index < -0.39 is 0 Å². The Hall–Kier alpha value is -1.27. The summed E-state index contributed by atoms with van der Waals surface area (Å²) in [6.07, 6.45) is 2.74. The summed E-state index contributed by atoms with van der Waals surface area (Å²) in [4.78, 5) is 5.59. The average Bonchev–Trinajstić information content (AvgIpc) is 2.88. The lowest BCUT2D eigenvalue weighted by atomic mass is 10.2. The van der Waals surface area contributed by atoms with Crippen molar-refractivity contribution in [2.45, 2.75) is 26.3 Å². The Morgan fingerprint density at radius 1 is 1.53 bits per heavy atom. The summed E-state index contributed by atoms with van der Waals surface area (Å²) in [5, 5.41) is 11.4. The molecule has 2 heterocycles. The molecule has 0 aliphatic carbocycles. The lowest BCUT2D eigenvalue weighted by Crippen LogP contribution is -2.23. The summed E-state index contributed by atoms with van der Waals surface area (Å²) in [6.45, 7) is 5.08. The fraction of sp³-hybridized carbons (Fsp3) is 0.545. The van der Waals surface area contributed by atoms with Crippen molar-refractivity contribution in [3.8, 4) is 0 Å². The van der Waals surface area contributed by atoms with Crippen molar-refractivity contribution in [2.75, 3.05) is 6.54 Å². The van der Waals surface area contributed by atoms with Crippen LogP contribution in [0.1, 0.15) is 29.4 Å². The first-order valence-corrected chi connectivity index (χ1v) is 6.52. The molecule has 92 valence electrons. The van der Waals surface area contributed by atoms with Crippen molar-refractivity contribution >= 4 is 11.3 Å². The van der Waals surface area contributed by atoms with E-state index in [1.807, 2.05) is 17.1 Å². The van der Waals surface area contributed by atoms with Crippen LogP contribution in [0.15, 0.2) is 11.8 Å². The minimum absolute atomic E-state index is 0.218. The van der Waals surface area contributed by atoms with Crippen LogP contribution in [0.2, 0.25) is 0 Å². The van der Waals surface area contributed by atoms with Gasteiger partial charge in [0.05, 0.1) is 17.2 Å². The van der Waals surface area contributed by atoms with E-state index in [0.717, 1.165) is 24.5 Å². The number of nitrogens with zero attached hydrogens (tertiary/aromatic N) is 4. The van der Waals surface area contributed by atoms with E-state index in [9.17, 15) is 0 Å². The summed E-state index contributed by atoms with van der Waals surface area (Å²) in [7, 11) is 1.96. The molecule has 5 nitrogen and oxygen atoms in total. The summed E-state index contributed by atoms with van der Waals surface area (Å²) < 4.78 is 1.94. The second-order valence-electron chi connectivity index (χ2n) is 4.09. The highest BCUT2D eigenvalue weighted by Gasteiger charge is 2.10. The van der Waals surface area contributed by atoms with Crippen molar-refractivity contribution in [2.24, 2.45) is 7.05 Å². The largest absolute Gasteiger partial charge is 0.319 e. The van der Waals surface area contributed by atoms with Crippen molar-refractivity contribution < 1.29 is 0 Å². The molecule has 0 amide bonds. The molecule has 0 aliphatic heterocycles. The Bertz CT molecular complexity index is 476. The van der Waals surface area contributed by atoms with Crippen LogP contribution in [0.5, 0.6) is 0 Å². The van der Waals surface area contributed by atoms with Gasteiger partial charge in [-0.1, -0.05) is 0 Å². The standard InChI is InChI=1S/C11H17N5S/c1-8-10(17-7-13-8)4-5-12-9(2)11-15-14-6-16(11)3/h6-7,9,12H,4-5H2,1-3H3. The summed E-state index contributed by atoms with van der Waals surface area (Å²) in [5.74, 6) is 0.964. The number of thiazole rings is 1. The molecule has 0 spiro atoms. The van der Waals surface area contributed by atoms with Gasteiger partial charge in [0.15, 0.2) is 0 Å². The molecule has 0 radical (unpaired) electrons. The van der Waals surface area contributed by atoms with Crippen molar-refractivity contribution in [3.63, 3.8) is 0 Å². The van der Waals surface area contributed by atoms with Crippen LogP contribution in [0, 0.1) is 6.92 Å². The Balaban J connectivity index is 1.83. The van der Waals surface area contributed by atoms with E-state index in [0.29, 0.717) is 0 Å². The molecule has 0 fully saturated rings. The molecule has 2 rings (SSSR count). The molecule has 1 atom stereocenters. The zero-order chi connectivity index (χ0) is 12.3. The molecule has 2 aromatic rings. The molecular formula is C11H17N5S. The van der Waals surface area contributed by atoms with Gasteiger partial charge < -0.3 is 9.88 Å². The maximum atomic E-state index is 4.24. The highest BCUT2D eigenvalue weighted by atomic mass is 32.1. The van der Waals surface area contributed by atoms with Gasteiger partial charge in [-0.3, -0.25) is 0 Å². The van der Waals surface area contributed by atoms with Crippen LogP contribution in [0.4, 0.5) is 0 Å². The first-order valence-electron chi connectivity index (χ1n) is 5.64. The van der Waals surface area contributed by atoms with Gasteiger partial charge in [0.2, 0.25) is 0 Å². The fourth-order valence-electron chi connectivity index (χ4n) is 1.74. The predicted molar refractivity (Wildman–Crippen MR) is 68.0 cm³/mol. The second-order valence-corrected chi connectivity index (χ2v) is 5.03. The van der Waals surface area contributed by atoms with E-state index in [2.05, 4.69) is 34.3 Å². The molecule has 6 heteroatoms. The lowest BCUT2D eigenvalue weighted by molar-refractivity contribution is 0.532. The van der Waals surface area contributed by atoms with Gasteiger partial charge in [-0.05, 0) is 20.3 Å². The normalized spacial score (nSPS) is 12.9. The fourth-order valence-corrected chi connectivity index (χ4v) is 2.53. The zero-order valence-corrected chi connectivity index (χ0v) is 11.2. The molecule has 0 saturated heterocycles. The number of aryl methyl sites for hydroxylation is 2. The first kappa shape index (κ1) is 12.2. The molecule has 1 unspecified atom stereocenters. The summed E-state index contributed by atoms with van der Waals surface area (Å²) in [6, 6.07) is 0.218. The SMILES string of the molecule is Cc1ncsc1CCNC(C)c1nncn1C. The van der Waals surface area contributed by atoms with Gasteiger partial charge in [-0.25, -0.2) is 4.98 Å². The Morgan fingerprint density at radius 2 is 2.35 bits per heavy atom. The van der Waals surface area contributed by atoms with Crippen LogP contribution < -0.4 is 5.32 Å². The Morgan fingerprint density at radius 3 is 2.94 bits per heavy atom. The third-order valence-electron chi connectivity index (χ3n) is 2.78. The quantitative estimate of drug-likeness (QED) is 0.874. The molecule has 0 bridgehead atoms. The van der Waals surface area contributed by atoms with E-state index in [4.69, 9.17) is 0 Å². The highest BCUT2D eigenvalue weighted by molar-refractivity contribution is 7.09. The molecule has 0 aliphatic rings. The van der Waals surface area contributed by atoms with Gasteiger partial charge in [-0.15, -0.1) is 21.5 Å². The maximum Gasteiger partial charge on any atom is 0.149 e. The second kappa shape index (κ2) is 5.37. The topological polar surface area (TPSA) is 55.6 Å². The molecule has 0 saturated carbocycles. The first-order chi connectivity index (χ1) is 8.18. The average molecular weight is 251 g/mol. The summed E-state index contributed by atoms with van der Waals surface area (Å²) >= 11 is 1.72. The van der Waals surface area contributed by atoms with Crippen LogP contribution in [-0.4, -0.2) is 26.3 Å².